The molecule has 2 heterocycles. The lowest BCUT2D eigenvalue weighted by atomic mass is 10.1. The minimum Gasteiger partial charge on any atom is -0.370 e. The van der Waals surface area contributed by atoms with E-state index in [0.29, 0.717) is 0 Å². The minimum absolute atomic E-state index is 1.10. The number of piperidine rings is 1. The van der Waals surface area contributed by atoms with Crippen LogP contribution in [0.2, 0.25) is 0 Å². The second kappa shape index (κ2) is 3.26. The SMILES string of the molecule is [c]1sccc1N1C[CH]CCC1. The van der Waals surface area contributed by atoms with E-state index in [4.69, 9.17) is 0 Å². The van der Waals surface area contributed by atoms with Gasteiger partial charge in [-0.15, -0.1) is 11.3 Å². The average Bonchev–Trinajstić information content (AvgIpc) is 2.58. The van der Waals surface area contributed by atoms with E-state index in [9.17, 15) is 0 Å². The first-order valence-corrected chi connectivity index (χ1v) is 4.86. The van der Waals surface area contributed by atoms with E-state index in [2.05, 4.69) is 28.1 Å². The van der Waals surface area contributed by atoms with Gasteiger partial charge in [-0.25, -0.2) is 0 Å². The zero-order chi connectivity index (χ0) is 7.52. The molecule has 0 aliphatic carbocycles. The molecule has 1 fully saturated rings. The largest absolute Gasteiger partial charge is 0.370 e. The predicted molar refractivity (Wildman–Crippen MR) is 48.9 cm³/mol. The molecule has 58 valence electrons. The van der Waals surface area contributed by atoms with Gasteiger partial charge in [0.15, 0.2) is 0 Å². The van der Waals surface area contributed by atoms with Gasteiger partial charge >= 0.3 is 0 Å². The monoisotopic (exact) mass is 165 g/mol. The second-order valence-electron chi connectivity index (χ2n) is 2.78. The third-order valence-corrected chi connectivity index (χ3v) is 2.58. The number of thiophene rings is 1. The van der Waals surface area contributed by atoms with Crippen LogP contribution in [0.15, 0.2) is 11.4 Å². The molecule has 1 aromatic heterocycles. The van der Waals surface area contributed by atoms with E-state index < -0.39 is 0 Å². The molecule has 0 amide bonds. The molecule has 0 bridgehead atoms. The summed E-state index contributed by atoms with van der Waals surface area (Å²) in [5.74, 6) is 0. The molecule has 1 saturated heterocycles. The molecule has 1 aliphatic rings. The number of hydrogen-bond acceptors (Lipinski definition) is 2. The van der Waals surface area contributed by atoms with Crippen molar-refractivity contribution in [3.8, 4) is 0 Å². The van der Waals surface area contributed by atoms with Crippen LogP contribution in [0.3, 0.4) is 0 Å². The van der Waals surface area contributed by atoms with Crippen molar-refractivity contribution in [2.75, 3.05) is 18.0 Å². The Bertz CT molecular complexity index is 199. The van der Waals surface area contributed by atoms with Gasteiger partial charge in [0.1, 0.15) is 0 Å². The van der Waals surface area contributed by atoms with E-state index >= 15 is 0 Å². The van der Waals surface area contributed by atoms with Crippen LogP contribution in [0.25, 0.3) is 0 Å². The van der Waals surface area contributed by atoms with Gasteiger partial charge in [0.05, 0.1) is 11.1 Å². The van der Waals surface area contributed by atoms with Gasteiger partial charge in [0.25, 0.3) is 0 Å². The Morgan fingerprint density at radius 3 is 3.18 bits per heavy atom. The summed E-state index contributed by atoms with van der Waals surface area (Å²) in [4.78, 5) is 2.38. The third kappa shape index (κ3) is 1.56. The van der Waals surface area contributed by atoms with Gasteiger partial charge in [-0.05, 0) is 30.7 Å². The van der Waals surface area contributed by atoms with E-state index in [1.165, 1.54) is 25.1 Å². The Kier molecular flexibility index (Phi) is 2.13. The summed E-state index contributed by atoms with van der Waals surface area (Å²) in [6, 6.07) is 2.14. The van der Waals surface area contributed by atoms with Crippen molar-refractivity contribution < 1.29 is 0 Å². The Hall–Kier alpha value is -0.500. The number of anilines is 1. The van der Waals surface area contributed by atoms with Crippen LogP contribution in [-0.2, 0) is 0 Å². The van der Waals surface area contributed by atoms with Gasteiger partial charge in [0.2, 0.25) is 0 Å². The molecule has 1 aliphatic heterocycles. The highest BCUT2D eigenvalue weighted by atomic mass is 32.1. The summed E-state index contributed by atoms with van der Waals surface area (Å²) >= 11 is 1.65. The minimum atomic E-state index is 1.10. The lowest BCUT2D eigenvalue weighted by molar-refractivity contribution is 0.672. The van der Waals surface area contributed by atoms with Crippen molar-refractivity contribution in [3.05, 3.63) is 23.2 Å². The highest BCUT2D eigenvalue weighted by Crippen LogP contribution is 2.20. The molecule has 2 heteroatoms. The average molecular weight is 165 g/mol. The maximum Gasteiger partial charge on any atom is 0.0697 e. The summed E-state index contributed by atoms with van der Waals surface area (Å²) in [5, 5.41) is 5.34. The first-order valence-electron chi connectivity index (χ1n) is 3.98. The first-order chi connectivity index (χ1) is 5.47. The Morgan fingerprint density at radius 1 is 1.55 bits per heavy atom. The summed E-state index contributed by atoms with van der Waals surface area (Å²) in [6.45, 7) is 2.30. The van der Waals surface area contributed by atoms with Crippen molar-refractivity contribution in [1.29, 1.82) is 0 Å². The van der Waals surface area contributed by atoms with Crippen molar-refractivity contribution in [1.82, 2.24) is 0 Å². The number of rotatable bonds is 1. The topological polar surface area (TPSA) is 3.24 Å². The molecule has 11 heavy (non-hydrogen) atoms. The maximum absolute atomic E-state index is 3.25. The molecule has 2 rings (SSSR count). The van der Waals surface area contributed by atoms with Crippen LogP contribution >= 0.6 is 11.3 Å². The highest BCUT2D eigenvalue weighted by molar-refractivity contribution is 7.07. The van der Waals surface area contributed by atoms with Gasteiger partial charge < -0.3 is 4.90 Å². The lowest BCUT2D eigenvalue weighted by Crippen LogP contribution is -2.29. The van der Waals surface area contributed by atoms with Crippen molar-refractivity contribution in [2.24, 2.45) is 0 Å². The Morgan fingerprint density at radius 2 is 2.55 bits per heavy atom. The van der Waals surface area contributed by atoms with Gasteiger partial charge in [-0.1, -0.05) is 0 Å². The van der Waals surface area contributed by atoms with Gasteiger partial charge in [0, 0.05) is 13.1 Å². The van der Waals surface area contributed by atoms with Crippen molar-refractivity contribution in [3.63, 3.8) is 0 Å². The summed E-state index contributed by atoms with van der Waals surface area (Å²) in [6.07, 6.45) is 4.92. The fourth-order valence-corrected chi connectivity index (χ4v) is 1.96. The van der Waals surface area contributed by atoms with Crippen LogP contribution in [0.4, 0.5) is 5.69 Å². The smallest absolute Gasteiger partial charge is 0.0697 e. The molecule has 0 spiro atoms. The highest BCUT2D eigenvalue weighted by Gasteiger charge is 2.10. The molecule has 0 unspecified atom stereocenters. The van der Waals surface area contributed by atoms with Crippen LogP contribution in [0.5, 0.6) is 0 Å². The van der Waals surface area contributed by atoms with E-state index in [-0.39, 0.29) is 0 Å². The van der Waals surface area contributed by atoms with Crippen LogP contribution in [0, 0.1) is 11.8 Å². The van der Waals surface area contributed by atoms with Crippen molar-refractivity contribution >= 4 is 17.0 Å². The zero-order valence-corrected chi connectivity index (χ0v) is 7.23. The predicted octanol–water partition coefficient (Wildman–Crippen LogP) is 2.35. The van der Waals surface area contributed by atoms with Crippen LogP contribution in [-0.4, -0.2) is 13.1 Å². The number of hydrogen-bond donors (Lipinski definition) is 0. The molecule has 0 aromatic carbocycles. The maximum atomic E-state index is 3.25. The quantitative estimate of drug-likeness (QED) is 0.617. The van der Waals surface area contributed by atoms with Crippen LogP contribution in [0.1, 0.15) is 12.8 Å². The molecule has 1 aromatic rings. The van der Waals surface area contributed by atoms with Crippen LogP contribution < -0.4 is 4.90 Å². The van der Waals surface area contributed by atoms with Gasteiger partial charge in [-0.3, -0.25) is 0 Å². The van der Waals surface area contributed by atoms with E-state index in [1.807, 2.05) is 0 Å². The summed E-state index contributed by atoms with van der Waals surface area (Å²) < 4.78 is 0. The Labute approximate surface area is 71.7 Å². The number of nitrogens with zero attached hydrogens (tertiary/aromatic N) is 1. The fourth-order valence-electron chi connectivity index (χ4n) is 1.38. The Balaban J connectivity index is 2.04. The standard InChI is InChI=1S/C9H11NS/c1-2-5-10(6-3-1)9-4-7-11-8-9/h2,4,7H,1,3,5-6H2. The molecule has 0 N–H and O–H groups in total. The molecule has 0 atom stereocenters. The van der Waals surface area contributed by atoms with Crippen molar-refractivity contribution in [2.45, 2.75) is 12.8 Å². The molecular weight excluding hydrogens is 154 g/mol. The molecule has 1 nitrogen and oxygen atoms in total. The normalized spacial score (nSPS) is 18.7. The van der Waals surface area contributed by atoms with Gasteiger partial charge in [-0.2, -0.15) is 0 Å². The summed E-state index contributed by atoms with van der Waals surface area (Å²) in [7, 11) is 0. The molecular formula is C9H11NS. The second-order valence-corrected chi connectivity index (χ2v) is 3.50. The van der Waals surface area contributed by atoms with E-state index in [0.717, 1.165) is 6.54 Å². The molecule has 0 saturated carbocycles. The summed E-state index contributed by atoms with van der Waals surface area (Å²) in [5.41, 5.74) is 1.27. The third-order valence-electron chi connectivity index (χ3n) is 1.98. The fraction of sp³-hybridized carbons (Fsp3) is 0.444. The zero-order valence-electron chi connectivity index (χ0n) is 6.42. The molecule has 2 radical (unpaired) electrons. The lowest BCUT2D eigenvalue weighted by Gasteiger charge is -2.27. The first kappa shape index (κ1) is 7.17. The van der Waals surface area contributed by atoms with E-state index in [1.54, 1.807) is 11.3 Å².